The first-order valence-electron chi connectivity index (χ1n) is 8.36. The summed E-state index contributed by atoms with van der Waals surface area (Å²) in [5.41, 5.74) is -0.266. The van der Waals surface area contributed by atoms with Crippen LogP contribution in [0.1, 0.15) is 23.0 Å². The van der Waals surface area contributed by atoms with E-state index >= 15 is 0 Å². The number of rotatable bonds is 6. The Bertz CT molecular complexity index is 1010. The third-order valence-corrected chi connectivity index (χ3v) is 4.63. The van der Waals surface area contributed by atoms with E-state index in [-0.39, 0.29) is 18.8 Å². The Hall–Kier alpha value is -2.60. The molecule has 1 aromatic carbocycles. The van der Waals surface area contributed by atoms with Crippen molar-refractivity contribution in [3.63, 3.8) is 0 Å². The number of hydrogen-bond donors (Lipinski definition) is 2. The van der Waals surface area contributed by atoms with Crippen LogP contribution in [0.25, 0.3) is 0 Å². The molecule has 11 heteroatoms. The Morgan fingerprint density at radius 3 is 2.71 bits per heavy atom. The average Bonchev–Trinajstić information content (AvgIpc) is 3.01. The Balaban J connectivity index is 1.67. The molecule has 0 saturated carbocycles. The molecule has 1 fully saturated rings. The second-order valence-electron chi connectivity index (χ2n) is 6.24. The molecule has 28 heavy (non-hydrogen) atoms. The van der Waals surface area contributed by atoms with Crippen molar-refractivity contribution in [1.82, 2.24) is 9.55 Å². The number of carbonyl (C=O) groups is 1. The number of aliphatic hydroxyl groups is 1. The molecule has 0 radical (unpaired) electrons. The maximum absolute atomic E-state index is 12.3. The monoisotopic (exact) mass is 409 g/mol. The number of benzene rings is 1. The first kappa shape index (κ1) is 20.1. The molecule has 2 aromatic rings. The Kier molecular flexibility index (Phi) is 5.89. The lowest BCUT2D eigenvalue weighted by Crippen LogP contribution is -2.29. The number of amides is 1. The van der Waals surface area contributed by atoms with Crippen LogP contribution in [0, 0.1) is 0 Å². The van der Waals surface area contributed by atoms with Gasteiger partial charge in [0.05, 0.1) is 19.0 Å². The molecule has 2 heterocycles. The third-order valence-electron chi connectivity index (χ3n) is 4.07. The predicted octanol–water partition coefficient (Wildman–Crippen LogP) is 0.120. The summed E-state index contributed by atoms with van der Waals surface area (Å²) in [5, 5.41) is 12.5. The first-order chi connectivity index (χ1) is 13.2. The fraction of sp³-hybridized carbons (Fsp3) is 0.353. The van der Waals surface area contributed by atoms with Crippen molar-refractivity contribution in [2.45, 2.75) is 24.9 Å². The number of ether oxygens (including phenoxy) is 1. The molecule has 0 bridgehead atoms. The van der Waals surface area contributed by atoms with Crippen LogP contribution >= 0.6 is 0 Å². The van der Waals surface area contributed by atoms with Crippen LogP contribution in [-0.4, -0.2) is 54.1 Å². The zero-order valence-electron chi connectivity index (χ0n) is 14.9. The maximum atomic E-state index is 12.3. The first-order valence-corrected chi connectivity index (χ1v) is 10.2. The van der Waals surface area contributed by atoms with Crippen LogP contribution in [0.15, 0.2) is 47.4 Å². The number of nitrogens with zero attached hydrogens (tertiary/aromatic N) is 2. The number of carbonyl (C=O) groups excluding carboxylic acids is 1. The summed E-state index contributed by atoms with van der Waals surface area (Å²) in [6.45, 7) is -0.357. The third kappa shape index (κ3) is 5.01. The molecule has 10 nitrogen and oxygen atoms in total. The van der Waals surface area contributed by atoms with Gasteiger partial charge in [0.25, 0.3) is 16.0 Å². The van der Waals surface area contributed by atoms with Crippen molar-refractivity contribution >= 4 is 21.8 Å². The van der Waals surface area contributed by atoms with Crippen molar-refractivity contribution in [3.05, 3.63) is 58.6 Å². The minimum atomic E-state index is -3.68. The largest absolute Gasteiger partial charge is 0.390 e. The Morgan fingerprint density at radius 1 is 1.36 bits per heavy atom. The molecule has 0 unspecified atom stereocenters. The Morgan fingerprint density at radius 2 is 2.07 bits per heavy atom. The lowest BCUT2D eigenvalue weighted by atomic mass is 10.2. The maximum Gasteiger partial charge on any atom is 0.351 e. The molecule has 1 aliphatic heterocycles. The minimum absolute atomic E-state index is 0.0646. The summed E-state index contributed by atoms with van der Waals surface area (Å²) in [7, 11) is -3.68. The van der Waals surface area contributed by atoms with E-state index in [0.29, 0.717) is 5.56 Å². The summed E-state index contributed by atoms with van der Waals surface area (Å²) < 4.78 is 33.5. The number of hydrogen-bond acceptors (Lipinski definition) is 8. The fourth-order valence-corrected chi connectivity index (χ4v) is 3.09. The number of nitrogens with one attached hydrogen (secondary N) is 1. The molecule has 2 N–H and O–H groups in total. The van der Waals surface area contributed by atoms with Crippen LogP contribution in [0.2, 0.25) is 0 Å². The van der Waals surface area contributed by atoms with Crippen molar-refractivity contribution in [2.24, 2.45) is 0 Å². The van der Waals surface area contributed by atoms with E-state index in [0.717, 1.165) is 10.8 Å². The number of anilines is 1. The average molecular weight is 409 g/mol. The van der Waals surface area contributed by atoms with Gasteiger partial charge >= 0.3 is 5.69 Å². The van der Waals surface area contributed by atoms with Crippen LogP contribution in [0.5, 0.6) is 0 Å². The standard InChI is InChI=1S/C17H19N3O7S/c1-28(24,25)26-10-13-12(21)9-15(27-13)20-8-7-14(19-17(20)23)18-16(22)11-5-3-2-4-6-11/h2-8,12-13,15,21H,9-10H2,1H3,(H,18,19,22,23)/t12-,13+,15+/m0/s1. The van der Waals surface area contributed by atoms with Gasteiger partial charge in [-0.3, -0.25) is 13.5 Å². The lowest BCUT2D eigenvalue weighted by molar-refractivity contribution is -0.0397. The normalized spacial score (nSPS) is 22.1. The fourth-order valence-electron chi connectivity index (χ4n) is 2.71. The molecule has 1 saturated heterocycles. The van der Waals surface area contributed by atoms with Gasteiger partial charge in [0.2, 0.25) is 0 Å². The van der Waals surface area contributed by atoms with E-state index in [9.17, 15) is 23.1 Å². The van der Waals surface area contributed by atoms with Gasteiger partial charge in [-0.05, 0) is 18.2 Å². The lowest BCUT2D eigenvalue weighted by Gasteiger charge is -2.15. The zero-order valence-corrected chi connectivity index (χ0v) is 15.7. The van der Waals surface area contributed by atoms with Gasteiger partial charge in [-0.25, -0.2) is 4.79 Å². The highest BCUT2D eigenvalue weighted by Crippen LogP contribution is 2.28. The zero-order chi connectivity index (χ0) is 20.3. The van der Waals surface area contributed by atoms with Gasteiger partial charge in [0.1, 0.15) is 18.1 Å². The van der Waals surface area contributed by atoms with Gasteiger partial charge in [-0.15, -0.1) is 0 Å². The molecule has 3 atom stereocenters. The van der Waals surface area contributed by atoms with Gasteiger partial charge in [-0.1, -0.05) is 18.2 Å². The quantitative estimate of drug-likeness (QED) is 0.642. The van der Waals surface area contributed by atoms with E-state index in [2.05, 4.69) is 14.5 Å². The summed E-state index contributed by atoms with van der Waals surface area (Å²) in [4.78, 5) is 28.2. The van der Waals surface area contributed by atoms with Crippen molar-refractivity contribution in [2.75, 3.05) is 18.2 Å². The molecule has 0 spiro atoms. The molecule has 1 aromatic heterocycles. The highest BCUT2D eigenvalue weighted by atomic mass is 32.2. The molecule has 0 aliphatic carbocycles. The predicted molar refractivity (Wildman–Crippen MR) is 98.2 cm³/mol. The molecule has 3 rings (SSSR count). The molecule has 1 aliphatic rings. The van der Waals surface area contributed by atoms with Gasteiger partial charge in [0.15, 0.2) is 0 Å². The summed E-state index contributed by atoms with van der Waals surface area (Å²) in [6.07, 6.45) is -0.396. The highest BCUT2D eigenvalue weighted by Gasteiger charge is 2.36. The summed E-state index contributed by atoms with van der Waals surface area (Å²) >= 11 is 0. The topological polar surface area (TPSA) is 137 Å². The van der Waals surface area contributed by atoms with Crippen molar-refractivity contribution < 1.29 is 27.2 Å². The highest BCUT2D eigenvalue weighted by molar-refractivity contribution is 7.85. The van der Waals surface area contributed by atoms with E-state index in [1.807, 2.05) is 0 Å². The minimum Gasteiger partial charge on any atom is -0.390 e. The van der Waals surface area contributed by atoms with E-state index in [4.69, 9.17) is 4.74 Å². The van der Waals surface area contributed by atoms with Crippen LogP contribution in [0.4, 0.5) is 5.82 Å². The van der Waals surface area contributed by atoms with E-state index < -0.39 is 40.2 Å². The van der Waals surface area contributed by atoms with Crippen LogP contribution in [0.3, 0.4) is 0 Å². The molecule has 1 amide bonds. The second-order valence-corrected chi connectivity index (χ2v) is 7.89. The van der Waals surface area contributed by atoms with Gasteiger partial charge in [-0.2, -0.15) is 13.4 Å². The Labute approximate surface area is 160 Å². The van der Waals surface area contributed by atoms with E-state index in [1.165, 1.54) is 12.3 Å². The molecular weight excluding hydrogens is 390 g/mol. The summed E-state index contributed by atoms with van der Waals surface area (Å²) in [5.74, 6) is -0.332. The molecular formula is C17H19N3O7S. The summed E-state index contributed by atoms with van der Waals surface area (Å²) in [6, 6.07) is 9.89. The van der Waals surface area contributed by atoms with E-state index in [1.54, 1.807) is 30.3 Å². The van der Waals surface area contributed by atoms with Crippen LogP contribution in [-0.2, 0) is 19.0 Å². The second kappa shape index (κ2) is 8.19. The number of aromatic nitrogens is 2. The van der Waals surface area contributed by atoms with Crippen molar-refractivity contribution in [1.29, 1.82) is 0 Å². The van der Waals surface area contributed by atoms with Gasteiger partial charge in [0, 0.05) is 18.2 Å². The van der Waals surface area contributed by atoms with Crippen LogP contribution < -0.4 is 11.0 Å². The smallest absolute Gasteiger partial charge is 0.351 e. The number of aliphatic hydroxyl groups excluding tert-OH is 1. The SMILES string of the molecule is CS(=O)(=O)OC[C@H]1O[C@@H](n2ccc(NC(=O)c3ccccc3)nc2=O)C[C@@H]1O. The molecule has 150 valence electrons. The van der Waals surface area contributed by atoms with Crippen molar-refractivity contribution in [3.8, 4) is 0 Å². The van der Waals surface area contributed by atoms with Gasteiger partial charge < -0.3 is 15.2 Å².